The quantitative estimate of drug-likeness (QED) is 0.734. The van der Waals surface area contributed by atoms with Gasteiger partial charge in [-0.1, -0.05) is 11.6 Å². The van der Waals surface area contributed by atoms with Crippen molar-refractivity contribution in [1.82, 2.24) is 15.0 Å². The van der Waals surface area contributed by atoms with Gasteiger partial charge < -0.3 is 10.1 Å². The molecule has 1 N–H and O–H groups in total. The molecule has 8 heteroatoms. The van der Waals surface area contributed by atoms with E-state index < -0.39 is 5.97 Å². The molecule has 0 aliphatic rings. The van der Waals surface area contributed by atoms with Crippen molar-refractivity contribution >= 4 is 50.8 Å². The number of anilines is 2. The molecule has 3 aromatic rings. The number of carbonyl (C=O) groups excluding carboxylic acids is 1. The number of esters is 1. The van der Waals surface area contributed by atoms with Crippen LogP contribution in [0.1, 0.15) is 17.3 Å². The number of thiophene rings is 1. The van der Waals surface area contributed by atoms with Gasteiger partial charge in [0, 0.05) is 16.6 Å². The maximum atomic E-state index is 12.0. The van der Waals surface area contributed by atoms with Crippen molar-refractivity contribution in [2.24, 2.45) is 0 Å². The van der Waals surface area contributed by atoms with Gasteiger partial charge in [0.25, 0.3) is 0 Å². The fraction of sp³-hybridized carbons (Fsp3) is 0.143. The van der Waals surface area contributed by atoms with Gasteiger partial charge in [-0.15, -0.1) is 11.3 Å². The monoisotopic (exact) mass is 334 g/mol. The van der Waals surface area contributed by atoms with Crippen LogP contribution < -0.4 is 5.32 Å². The van der Waals surface area contributed by atoms with Crippen molar-refractivity contribution in [1.29, 1.82) is 0 Å². The fourth-order valence-electron chi connectivity index (χ4n) is 1.92. The van der Waals surface area contributed by atoms with Gasteiger partial charge in [-0.05, 0) is 19.1 Å². The van der Waals surface area contributed by atoms with E-state index in [-0.39, 0.29) is 0 Å². The number of nitrogens with zero attached hydrogens (tertiary/aromatic N) is 3. The summed E-state index contributed by atoms with van der Waals surface area (Å²) in [5.41, 5.74) is 0.437. The van der Waals surface area contributed by atoms with Gasteiger partial charge in [0.05, 0.1) is 17.6 Å². The number of halogens is 1. The van der Waals surface area contributed by atoms with Crippen molar-refractivity contribution < 1.29 is 9.53 Å². The first-order valence-electron chi connectivity index (χ1n) is 6.47. The van der Waals surface area contributed by atoms with E-state index >= 15 is 0 Å². The average Bonchev–Trinajstić information content (AvgIpc) is 2.93. The second-order valence-corrected chi connectivity index (χ2v) is 5.55. The number of carbonyl (C=O) groups is 1. The van der Waals surface area contributed by atoms with Crippen molar-refractivity contribution in [3.05, 3.63) is 40.6 Å². The Balaban J connectivity index is 2.05. The molecule has 0 fully saturated rings. The Morgan fingerprint density at radius 1 is 1.41 bits per heavy atom. The number of fused-ring (bicyclic) bond motifs is 1. The number of hydrogen-bond donors (Lipinski definition) is 1. The van der Waals surface area contributed by atoms with Crippen molar-refractivity contribution in [2.45, 2.75) is 6.92 Å². The van der Waals surface area contributed by atoms with E-state index in [1.807, 2.05) is 0 Å². The second-order valence-electron chi connectivity index (χ2n) is 4.26. The Bertz CT molecular complexity index is 837. The average molecular weight is 335 g/mol. The number of pyridine rings is 1. The molecule has 6 nitrogen and oxygen atoms in total. The Labute approximate surface area is 135 Å². The first kappa shape index (κ1) is 14.7. The minimum Gasteiger partial charge on any atom is -0.462 e. The van der Waals surface area contributed by atoms with Gasteiger partial charge >= 0.3 is 5.97 Å². The van der Waals surface area contributed by atoms with Gasteiger partial charge in [-0.25, -0.2) is 19.7 Å². The van der Waals surface area contributed by atoms with E-state index in [2.05, 4.69) is 20.3 Å². The lowest BCUT2D eigenvalue weighted by Crippen LogP contribution is -2.05. The number of hydrogen-bond acceptors (Lipinski definition) is 7. The van der Waals surface area contributed by atoms with Crippen molar-refractivity contribution in [3.63, 3.8) is 0 Å². The molecule has 3 heterocycles. The van der Waals surface area contributed by atoms with Gasteiger partial charge in [0.2, 0.25) is 0 Å². The molecule has 3 aromatic heterocycles. The molecule has 0 unspecified atom stereocenters. The molecular weight excluding hydrogens is 324 g/mol. The molecule has 0 atom stereocenters. The highest BCUT2D eigenvalue weighted by Gasteiger charge is 2.18. The normalized spacial score (nSPS) is 10.6. The lowest BCUT2D eigenvalue weighted by atomic mass is 10.2. The van der Waals surface area contributed by atoms with Crippen molar-refractivity contribution in [3.8, 4) is 0 Å². The zero-order chi connectivity index (χ0) is 15.5. The van der Waals surface area contributed by atoms with E-state index in [1.54, 1.807) is 30.6 Å². The standard InChI is InChI=1S/C14H11ClN4O2S/c1-2-21-14(20)9-6-22-13-11(9)12(17-7-18-13)19-10-5-8(15)3-4-16-10/h3-7H,2H2,1H3,(H,16,17,18,19). The third kappa shape index (κ3) is 2.86. The molecule has 0 amide bonds. The minimum atomic E-state index is -0.398. The Kier molecular flexibility index (Phi) is 4.17. The third-order valence-corrected chi connectivity index (χ3v) is 3.96. The number of ether oxygens (including phenoxy) is 1. The van der Waals surface area contributed by atoms with Crippen LogP contribution in [0.15, 0.2) is 30.0 Å². The van der Waals surface area contributed by atoms with E-state index in [1.165, 1.54) is 17.7 Å². The summed E-state index contributed by atoms with van der Waals surface area (Å²) in [5.74, 6) is 0.628. The third-order valence-electron chi connectivity index (χ3n) is 2.83. The predicted molar refractivity (Wildman–Crippen MR) is 85.9 cm³/mol. The van der Waals surface area contributed by atoms with Crippen LogP contribution in [-0.2, 0) is 4.74 Å². The lowest BCUT2D eigenvalue weighted by molar-refractivity contribution is 0.0529. The zero-order valence-electron chi connectivity index (χ0n) is 11.5. The Morgan fingerprint density at radius 3 is 3.05 bits per heavy atom. The van der Waals surface area contributed by atoms with E-state index in [4.69, 9.17) is 16.3 Å². The topological polar surface area (TPSA) is 77.0 Å². The summed E-state index contributed by atoms with van der Waals surface area (Å²) in [6, 6.07) is 3.35. The highest BCUT2D eigenvalue weighted by molar-refractivity contribution is 7.17. The summed E-state index contributed by atoms with van der Waals surface area (Å²) in [6.45, 7) is 2.07. The van der Waals surface area contributed by atoms with E-state index in [0.29, 0.717) is 39.0 Å². The Hall–Kier alpha value is -2.25. The summed E-state index contributed by atoms with van der Waals surface area (Å²) >= 11 is 7.30. The molecule has 0 aliphatic heterocycles. The van der Waals surface area contributed by atoms with E-state index in [0.717, 1.165) is 0 Å². The molecule has 0 aromatic carbocycles. The smallest absolute Gasteiger partial charge is 0.339 e. The van der Waals surface area contributed by atoms with Crippen LogP contribution in [0.2, 0.25) is 5.02 Å². The molecule has 0 radical (unpaired) electrons. The molecule has 0 bridgehead atoms. The second kappa shape index (κ2) is 6.25. The van der Waals surface area contributed by atoms with E-state index in [9.17, 15) is 4.79 Å². The molecule has 112 valence electrons. The van der Waals surface area contributed by atoms with Crippen molar-refractivity contribution in [2.75, 3.05) is 11.9 Å². The molecule has 3 rings (SSSR count). The van der Waals surface area contributed by atoms with Crippen LogP contribution in [0, 0.1) is 0 Å². The maximum Gasteiger partial charge on any atom is 0.339 e. The molecule has 0 saturated carbocycles. The molecule has 0 saturated heterocycles. The summed E-state index contributed by atoms with van der Waals surface area (Å²) in [7, 11) is 0. The highest BCUT2D eigenvalue weighted by Crippen LogP contribution is 2.31. The lowest BCUT2D eigenvalue weighted by Gasteiger charge is -2.07. The van der Waals surface area contributed by atoms with Gasteiger partial charge in [0.1, 0.15) is 22.8 Å². The zero-order valence-corrected chi connectivity index (χ0v) is 13.1. The molecule has 22 heavy (non-hydrogen) atoms. The largest absolute Gasteiger partial charge is 0.462 e. The predicted octanol–water partition coefficient (Wildman–Crippen LogP) is 3.66. The van der Waals surface area contributed by atoms with Crippen LogP contribution in [0.3, 0.4) is 0 Å². The SMILES string of the molecule is CCOC(=O)c1csc2ncnc(Nc3cc(Cl)ccn3)c12. The molecule has 0 spiro atoms. The summed E-state index contributed by atoms with van der Waals surface area (Å²) in [4.78, 5) is 25.3. The van der Waals surface area contributed by atoms with Gasteiger partial charge in [-0.2, -0.15) is 0 Å². The van der Waals surface area contributed by atoms with Crippen LogP contribution in [-0.4, -0.2) is 27.5 Å². The van der Waals surface area contributed by atoms with Crippen LogP contribution in [0.25, 0.3) is 10.2 Å². The first-order chi connectivity index (χ1) is 10.7. The minimum absolute atomic E-state index is 0.308. The maximum absolute atomic E-state index is 12.0. The summed E-state index contributed by atoms with van der Waals surface area (Å²) < 4.78 is 5.07. The molecule has 0 aliphatic carbocycles. The van der Waals surface area contributed by atoms with Gasteiger partial charge in [-0.3, -0.25) is 0 Å². The number of aromatic nitrogens is 3. The summed E-state index contributed by atoms with van der Waals surface area (Å²) in [5, 5.41) is 5.95. The molecular formula is C14H11ClN4O2S. The number of rotatable bonds is 4. The highest BCUT2D eigenvalue weighted by atomic mass is 35.5. The Morgan fingerprint density at radius 2 is 2.27 bits per heavy atom. The van der Waals surface area contributed by atoms with Crippen LogP contribution in [0.5, 0.6) is 0 Å². The first-order valence-corrected chi connectivity index (χ1v) is 7.72. The number of nitrogens with one attached hydrogen (secondary N) is 1. The van der Waals surface area contributed by atoms with Crippen LogP contribution in [0.4, 0.5) is 11.6 Å². The van der Waals surface area contributed by atoms with Gasteiger partial charge in [0.15, 0.2) is 0 Å². The summed E-state index contributed by atoms with van der Waals surface area (Å²) in [6.07, 6.45) is 3.02. The fourth-order valence-corrected chi connectivity index (χ4v) is 2.96. The van der Waals surface area contributed by atoms with Crippen LogP contribution >= 0.6 is 22.9 Å².